The molecule has 0 bridgehead atoms. The van der Waals surface area contributed by atoms with E-state index in [0.717, 1.165) is 37.2 Å². The number of rotatable bonds is 2. The summed E-state index contributed by atoms with van der Waals surface area (Å²) < 4.78 is 0. The summed E-state index contributed by atoms with van der Waals surface area (Å²) in [5.74, 6) is 0. The molecule has 3 heteroatoms. The number of benzene rings is 2. The molecule has 0 saturated carbocycles. The van der Waals surface area contributed by atoms with Gasteiger partial charge in [0.15, 0.2) is 0 Å². The molecule has 0 spiro atoms. The smallest absolute Gasteiger partial charge is 0.0991 e. The van der Waals surface area contributed by atoms with Gasteiger partial charge in [-0.15, -0.1) is 0 Å². The molecule has 2 aromatic rings. The molecule has 2 aromatic carbocycles. The SMILES string of the molecule is Cc1cc(C#N)ccc1CN1CCCc2c(N)cccc21. The molecule has 0 amide bonds. The molecule has 0 radical (unpaired) electrons. The molecule has 3 nitrogen and oxygen atoms in total. The number of anilines is 2. The van der Waals surface area contributed by atoms with E-state index in [2.05, 4.69) is 30.0 Å². The quantitative estimate of drug-likeness (QED) is 0.856. The van der Waals surface area contributed by atoms with Crippen molar-refractivity contribution in [3.63, 3.8) is 0 Å². The van der Waals surface area contributed by atoms with Crippen LogP contribution in [0.4, 0.5) is 11.4 Å². The highest BCUT2D eigenvalue weighted by Gasteiger charge is 2.19. The molecule has 0 atom stereocenters. The van der Waals surface area contributed by atoms with Gasteiger partial charge in [-0.05, 0) is 60.7 Å². The fourth-order valence-electron chi connectivity index (χ4n) is 3.04. The molecule has 0 fully saturated rings. The Morgan fingerprint density at radius 3 is 2.90 bits per heavy atom. The van der Waals surface area contributed by atoms with Crippen LogP contribution < -0.4 is 10.6 Å². The molecule has 21 heavy (non-hydrogen) atoms. The number of fused-ring (bicyclic) bond motifs is 1. The van der Waals surface area contributed by atoms with Gasteiger partial charge in [-0.1, -0.05) is 12.1 Å². The van der Waals surface area contributed by atoms with E-state index < -0.39 is 0 Å². The molecule has 1 heterocycles. The van der Waals surface area contributed by atoms with E-state index in [1.165, 1.54) is 22.4 Å². The molecule has 1 aliphatic rings. The number of nitrogen functional groups attached to an aromatic ring is 1. The fraction of sp³-hybridized carbons (Fsp3) is 0.278. The largest absolute Gasteiger partial charge is 0.398 e. The Hall–Kier alpha value is -2.47. The van der Waals surface area contributed by atoms with Crippen molar-refractivity contribution in [2.75, 3.05) is 17.2 Å². The topological polar surface area (TPSA) is 53.0 Å². The van der Waals surface area contributed by atoms with Crippen LogP contribution in [-0.2, 0) is 13.0 Å². The molecule has 1 aliphatic heterocycles. The van der Waals surface area contributed by atoms with Crippen LogP contribution in [0, 0.1) is 18.3 Å². The maximum absolute atomic E-state index is 8.96. The Morgan fingerprint density at radius 2 is 2.14 bits per heavy atom. The molecule has 0 aromatic heterocycles. The summed E-state index contributed by atoms with van der Waals surface area (Å²) in [4.78, 5) is 2.39. The lowest BCUT2D eigenvalue weighted by atomic mass is 9.98. The highest BCUT2D eigenvalue weighted by Crippen LogP contribution is 2.32. The van der Waals surface area contributed by atoms with Crippen LogP contribution in [0.3, 0.4) is 0 Å². The number of hydrogen-bond acceptors (Lipinski definition) is 3. The number of nitriles is 1. The lowest BCUT2D eigenvalue weighted by Crippen LogP contribution is -2.29. The predicted octanol–water partition coefficient (Wildman–Crippen LogP) is 3.40. The zero-order valence-electron chi connectivity index (χ0n) is 12.3. The second-order valence-electron chi connectivity index (χ2n) is 5.62. The Morgan fingerprint density at radius 1 is 1.29 bits per heavy atom. The van der Waals surface area contributed by atoms with Gasteiger partial charge in [0, 0.05) is 24.5 Å². The van der Waals surface area contributed by atoms with Gasteiger partial charge < -0.3 is 10.6 Å². The Kier molecular flexibility index (Phi) is 3.53. The van der Waals surface area contributed by atoms with E-state index in [0.29, 0.717) is 0 Å². The first-order valence-corrected chi connectivity index (χ1v) is 7.31. The first kappa shape index (κ1) is 13.5. The van der Waals surface area contributed by atoms with Crippen molar-refractivity contribution in [1.29, 1.82) is 5.26 Å². The molecule has 2 N–H and O–H groups in total. The molecular weight excluding hydrogens is 258 g/mol. The minimum absolute atomic E-state index is 0.722. The average Bonchev–Trinajstić information content (AvgIpc) is 2.50. The summed E-state index contributed by atoms with van der Waals surface area (Å²) in [7, 11) is 0. The van der Waals surface area contributed by atoms with Crippen LogP contribution in [0.2, 0.25) is 0 Å². The number of aryl methyl sites for hydroxylation is 1. The van der Waals surface area contributed by atoms with Gasteiger partial charge in [-0.2, -0.15) is 5.26 Å². The highest BCUT2D eigenvalue weighted by atomic mass is 15.1. The van der Waals surface area contributed by atoms with Gasteiger partial charge in [-0.3, -0.25) is 0 Å². The van der Waals surface area contributed by atoms with Gasteiger partial charge in [0.05, 0.1) is 11.6 Å². The number of nitrogens with two attached hydrogens (primary N) is 1. The molecule has 3 rings (SSSR count). The minimum Gasteiger partial charge on any atom is -0.398 e. The van der Waals surface area contributed by atoms with Gasteiger partial charge in [0.2, 0.25) is 0 Å². The number of nitrogens with zero attached hydrogens (tertiary/aromatic N) is 2. The monoisotopic (exact) mass is 277 g/mol. The van der Waals surface area contributed by atoms with E-state index in [9.17, 15) is 0 Å². The van der Waals surface area contributed by atoms with Gasteiger partial charge in [0.1, 0.15) is 0 Å². The minimum atomic E-state index is 0.722. The number of hydrogen-bond donors (Lipinski definition) is 1. The van der Waals surface area contributed by atoms with Crippen LogP contribution in [0.5, 0.6) is 0 Å². The van der Waals surface area contributed by atoms with E-state index in [-0.39, 0.29) is 0 Å². The van der Waals surface area contributed by atoms with Crippen LogP contribution in [0.15, 0.2) is 36.4 Å². The van der Waals surface area contributed by atoms with E-state index in [4.69, 9.17) is 11.0 Å². The lowest BCUT2D eigenvalue weighted by molar-refractivity contribution is 0.691. The lowest BCUT2D eigenvalue weighted by Gasteiger charge is -2.32. The maximum Gasteiger partial charge on any atom is 0.0991 e. The molecule has 0 saturated heterocycles. The van der Waals surface area contributed by atoms with Crippen molar-refractivity contribution in [3.05, 3.63) is 58.7 Å². The molecular formula is C18H19N3. The van der Waals surface area contributed by atoms with E-state index in [1.807, 2.05) is 24.3 Å². The summed E-state index contributed by atoms with van der Waals surface area (Å²) in [6.07, 6.45) is 2.20. The molecule has 106 valence electrons. The van der Waals surface area contributed by atoms with E-state index >= 15 is 0 Å². The normalized spacial score (nSPS) is 13.6. The van der Waals surface area contributed by atoms with Crippen LogP contribution in [-0.4, -0.2) is 6.54 Å². The van der Waals surface area contributed by atoms with Gasteiger partial charge in [-0.25, -0.2) is 0 Å². The van der Waals surface area contributed by atoms with Crippen LogP contribution in [0.25, 0.3) is 0 Å². The van der Waals surface area contributed by atoms with Crippen molar-refractivity contribution in [3.8, 4) is 6.07 Å². The van der Waals surface area contributed by atoms with Gasteiger partial charge in [0.25, 0.3) is 0 Å². The average molecular weight is 277 g/mol. The van der Waals surface area contributed by atoms with Crippen molar-refractivity contribution in [1.82, 2.24) is 0 Å². The summed E-state index contributed by atoms with van der Waals surface area (Å²) in [6.45, 7) is 3.99. The zero-order valence-corrected chi connectivity index (χ0v) is 12.3. The van der Waals surface area contributed by atoms with Crippen LogP contribution >= 0.6 is 0 Å². The Balaban J connectivity index is 1.91. The van der Waals surface area contributed by atoms with Crippen LogP contribution in [0.1, 0.15) is 28.7 Å². The summed E-state index contributed by atoms with van der Waals surface area (Å²) >= 11 is 0. The summed E-state index contributed by atoms with van der Waals surface area (Å²) in [5.41, 5.74) is 12.7. The Bertz CT molecular complexity index is 713. The predicted molar refractivity (Wildman–Crippen MR) is 86.1 cm³/mol. The maximum atomic E-state index is 8.96. The first-order valence-electron chi connectivity index (χ1n) is 7.31. The van der Waals surface area contributed by atoms with Gasteiger partial charge >= 0.3 is 0 Å². The summed E-state index contributed by atoms with van der Waals surface area (Å²) in [5, 5.41) is 8.96. The summed E-state index contributed by atoms with van der Waals surface area (Å²) in [6, 6.07) is 14.3. The standard InChI is InChI=1S/C18H19N3/c1-13-10-14(11-19)7-8-15(13)12-21-9-3-4-16-17(20)5-2-6-18(16)21/h2,5-8,10H,3-4,9,12,20H2,1H3. The van der Waals surface area contributed by atoms with Crippen molar-refractivity contribution < 1.29 is 0 Å². The highest BCUT2D eigenvalue weighted by molar-refractivity contribution is 5.66. The van der Waals surface area contributed by atoms with E-state index in [1.54, 1.807) is 0 Å². The second kappa shape index (κ2) is 5.49. The fourth-order valence-corrected chi connectivity index (χ4v) is 3.04. The third-order valence-electron chi connectivity index (χ3n) is 4.22. The second-order valence-corrected chi connectivity index (χ2v) is 5.62. The molecule has 0 aliphatic carbocycles. The molecule has 0 unspecified atom stereocenters. The third-order valence-corrected chi connectivity index (χ3v) is 4.22. The van der Waals surface area contributed by atoms with Crippen molar-refractivity contribution in [2.45, 2.75) is 26.3 Å². The zero-order chi connectivity index (χ0) is 14.8. The first-order chi connectivity index (χ1) is 10.2. The third kappa shape index (κ3) is 2.57. The van der Waals surface area contributed by atoms with Crippen molar-refractivity contribution in [2.24, 2.45) is 0 Å². The Labute approximate surface area is 125 Å². The van der Waals surface area contributed by atoms with Crippen molar-refractivity contribution >= 4 is 11.4 Å².